The first-order valence-electron chi connectivity index (χ1n) is 7.46. The third-order valence-corrected chi connectivity index (χ3v) is 4.14. The molecule has 8 heteroatoms. The van der Waals surface area contributed by atoms with Crippen molar-refractivity contribution >= 4 is 5.65 Å². The van der Waals surface area contributed by atoms with Gasteiger partial charge in [0.1, 0.15) is 0 Å². The molecule has 0 atom stereocenters. The average Bonchev–Trinajstić information content (AvgIpc) is 3.17. The molecule has 1 aliphatic heterocycles. The van der Waals surface area contributed by atoms with Gasteiger partial charge in [0, 0.05) is 5.92 Å². The Balaban J connectivity index is 1.47. The fourth-order valence-corrected chi connectivity index (χ4v) is 2.96. The number of aromatic nitrogens is 6. The Bertz CT molecular complexity index is 759. The zero-order valence-corrected chi connectivity index (χ0v) is 12.4. The molecule has 0 spiro atoms. The molecule has 1 fully saturated rings. The highest BCUT2D eigenvalue weighted by Gasteiger charge is 2.25. The van der Waals surface area contributed by atoms with Crippen LogP contribution in [-0.2, 0) is 6.54 Å². The van der Waals surface area contributed by atoms with Crippen molar-refractivity contribution in [2.45, 2.75) is 32.2 Å². The van der Waals surface area contributed by atoms with Crippen LogP contribution in [0.25, 0.3) is 5.65 Å². The van der Waals surface area contributed by atoms with E-state index >= 15 is 0 Å². The van der Waals surface area contributed by atoms with E-state index < -0.39 is 0 Å². The quantitative estimate of drug-likeness (QED) is 0.718. The molecule has 0 N–H and O–H groups in total. The number of likely N-dealkylation sites (tertiary alicyclic amines) is 1. The highest BCUT2D eigenvalue weighted by molar-refractivity contribution is 5.36. The van der Waals surface area contributed by atoms with Gasteiger partial charge in [0.05, 0.1) is 12.2 Å². The summed E-state index contributed by atoms with van der Waals surface area (Å²) in [6.45, 7) is 4.66. The molecule has 3 aromatic rings. The second-order valence-electron chi connectivity index (χ2n) is 5.69. The number of piperidine rings is 1. The highest BCUT2D eigenvalue weighted by atomic mass is 16.5. The smallest absolute Gasteiger partial charge is 0.240 e. The van der Waals surface area contributed by atoms with E-state index in [4.69, 9.17) is 4.52 Å². The van der Waals surface area contributed by atoms with Crippen LogP contribution in [0.5, 0.6) is 0 Å². The van der Waals surface area contributed by atoms with Crippen molar-refractivity contribution in [1.82, 2.24) is 34.9 Å². The van der Waals surface area contributed by atoms with Crippen molar-refractivity contribution in [2.75, 3.05) is 13.1 Å². The SMILES string of the molecule is Cc1ccc2nnc(C3CCN(Cc4ncno4)CC3)n2n1. The summed E-state index contributed by atoms with van der Waals surface area (Å²) >= 11 is 0. The topological polar surface area (TPSA) is 85.2 Å². The predicted octanol–water partition coefficient (Wildman–Crippen LogP) is 1.20. The number of fused-ring (bicyclic) bond motifs is 1. The molecule has 0 unspecified atom stereocenters. The Hall–Kier alpha value is -2.35. The van der Waals surface area contributed by atoms with Crippen molar-refractivity contribution in [2.24, 2.45) is 0 Å². The molecule has 1 saturated heterocycles. The minimum atomic E-state index is 0.392. The van der Waals surface area contributed by atoms with Gasteiger partial charge in [-0.1, -0.05) is 5.16 Å². The maximum absolute atomic E-state index is 5.07. The molecular weight excluding hydrogens is 282 g/mol. The fraction of sp³-hybridized carbons (Fsp3) is 0.500. The Morgan fingerprint density at radius 3 is 2.86 bits per heavy atom. The number of rotatable bonds is 3. The van der Waals surface area contributed by atoms with E-state index in [1.54, 1.807) is 0 Å². The van der Waals surface area contributed by atoms with E-state index in [9.17, 15) is 0 Å². The van der Waals surface area contributed by atoms with Gasteiger partial charge < -0.3 is 4.52 Å². The largest absolute Gasteiger partial charge is 0.338 e. The van der Waals surface area contributed by atoms with Crippen molar-refractivity contribution in [1.29, 1.82) is 0 Å². The molecule has 114 valence electrons. The zero-order valence-electron chi connectivity index (χ0n) is 12.4. The van der Waals surface area contributed by atoms with Crippen LogP contribution < -0.4 is 0 Å². The molecule has 0 aromatic carbocycles. The van der Waals surface area contributed by atoms with Gasteiger partial charge in [-0.05, 0) is 45.0 Å². The Morgan fingerprint density at radius 1 is 1.23 bits per heavy atom. The lowest BCUT2D eigenvalue weighted by molar-refractivity contribution is 0.178. The third-order valence-electron chi connectivity index (χ3n) is 4.14. The maximum atomic E-state index is 5.07. The normalized spacial score (nSPS) is 17.3. The lowest BCUT2D eigenvalue weighted by atomic mass is 9.96. The molecule has 1 aliphatic rings. The molecule has 0 aliphatic carbocycles. The molecule has 0 saturated carbocycles. The van der Waals surface area contributed by atoms with Crippen LogP contribution in [0, 0.1) is 6.92 Å². The number of aryl methyl sites for hydroxylation is 1. The van der Waals surface area contributed by atoms with Crippen LogP contribution in [0.1, 0.15) is 36.2 Å². The number of hydrogen-bond donors (Lipinski definition) is 0. The van der Waals surface area contributed by atoms with Crippen molar-refractivity contribution in [3.05, 3.63) is 35.9 Å². The molecule has 4 heterocycles. The van der Waals surface area contributed by atoms with Gasteiger partial charge in [0.25, 0.3) is 0 Å². The van der Waals surface area contributed by atoms with Gasteiger partial charge in [-0.15, -0.1) is 10.2 Å². The molecular formula is C14H17N7O. The summed E-state index contributed by atoms with van der Waals surface area (Å²) < 4.78 is 6.95. The highest BCUT2D eigenvalue weighted by Crippen LogP contribution is 2.27. The van der Waals surface area contributed by atoms with Gasteiger partial charge >= 0.3 is 0 Å². The molecule has 3 aromatic heterocycles. The Kier molecular flexibility index (Phi) is 3.30. The number of nitrogens with zero attached hydrogens (tertiary/aromatic N) is 7. The van der Waals surface area contributed by atoms with E-state index in [1.807, 2.05) is 23.6 Å². The standard InChI is InChI=1S/C14H17N7O/c1-10-2-3-12-17-18-14(21(12)19-10)11-4-6-20(7-5-11)8-13-15-9-16-22-13/h2-3,9,11H,4-8H2,1H3. The lowest BCUT2D eigenvalue weighted by Crippen LogP contribution is -2.33. The molecule has 4 rings (SSSR count). The van der Waals surface area contributed by atoms with E-state index in [0.29, 0.717) is 18.4 Å². The van der Waals surface area contributed by atoms with Gasteiger partial charge in [0.15, 0.2) is 17.8 Å². The minimum Gasteiger partial charge on any atom is -0.338 e. The summed E-state index contributed by atoms with van der Waals surface area (Å²) in [4.78, 5) is 6.40. The lowest BCUT2D eigenvalue weighted by Gasteiger charge is -2.29. The van der Waals surface area contributed by atoms with Crippen LogP contribution in [0.15, 0.2) is 23.0 Å². The van der Waals surface area contributed by atoms with Crippen molar-refractivity contribution in [3.8, 4) is 0 Å². The fourth-order valence-electron chi connectivity index (χ4n) is 2.96. The second kappa shape index (κ2) is 5.45. The summed E-state index contributed by atoms with van der Waals surface area (Å²) in [7, 11) is 0. The molecule has 0 amide bonds. The average molecular weight is 299 g/mol. The second-order valence-corrected chi connectivity index (χ2v) is 5.69. The summed E-state index contributed by atoms with van der Waals surface area (Å²) in [6.07, 6.45) is 3.51. The first kappa shape index (κ1) is 13.3. The maximum Gasteiger partial charge on any atom is 0.240 e. The zero-order chi connectivity index (χ0) is 14.9. The Morgan fingerprint density at radius 2 is 2.09 bits per heavy atom. The van der Waals surface area contributed by atoms with E-state index in [-0.39, 0.29) is 0 Å². The summed E-state index contributed by atoms with van der Waals surface area (Å²) in [5.74, 6) is 2.03. The summed E-state index contributed by atoms with van der Waals surface area (Å²) in [6, 6.07) is 3.92. The van der Waals surface area contributed by atoms with Crippen molar-refractivity contribution in [3.63, 3.8) is 0 Å². The summed E-state index contributed by atoms with van der Waals surface area (Å²) in [5, 5.41) is 16.7. The third kappa shape index (κ3) is 2.45. The van der Waals surface area contributed by atoms with Crippen LogP contribution in [0.4, 0.5) is 0 Å². The van der Waals surface area contributed by atoms with Gasteiger partial charge in [0.2, 0.25) is 5.89 Å². The van der Waals surface area contributed by atoms with Gasteiger partial charge in [-0.2, -0.15) is 14.6 Å². The summed E-state index contributed by atoms with van der Waals surface area (Å²) in [5.41, 5.74) is 1.79. The number of hydrogen-bond acceptors (Lipinski definition) is 7. The predicted molar refractivity (Wildman–Crippen MR) is 77.1 cm³/mol. The molecule has 22 heavy (non-hydrogen) atoms. The van der Waals surface area contributed by atoms with E-state index in [1.165, 1.54) is 6.33 Å². The molecule has 8 nitrogen and oxygen atoms in total. The first-order chi connectivity index (χ1) is 10.8. The van der Waals surface area contributed by atoms with Crippen molar-refractivity contribution < 1.29 is 4.52 Å². The Labute approximate surface area is 127 Å². The molecule has 0 radical (unpaired) electrons. The van der Waals surface area contributed by atoms with Gasteiger partial charge in [-0.3, -0.25) is 4.90 Å². The van der Waals surface area contributed by atoms with Gasteiger partial charge in [-0.25, -0.2) is 0 Å². The monoisotopic (exact) mass is 299 g/mol. The van der Waals surface area contributed by atoms with E-state index in [0.717, 1.165) is 43.1 Å². The van der Waals surface area contributed by atoms with Crippen LogP contribution >= 0.6 is 0 Å². The first-order valence-corrected chi connectivity index (χ1v) is 7.46. The van der Waals surface area contributed by atoms with Crippen LogP contribution in [0.3, 0.4) is 0 Å². The van der Waals surface area contributed by atoms with E-state index in [2.05, 4.69) is 30.3 Å². The molecule has 0 bridgehead atoms. The minimum absolute atomic E-state index is 0.392. The van der Waals surface area contributed by atoms with Crippen LogP contribution in [-0.4, -0.2) is 47.9 Å². The van der Waals surface area contributed by atoms with Crippen LogP contribution in [0.2, 0.25) is 0 Å².